The predicted octanol–water partition coefficient (Wildman–Crippen LogP) is 2.02. The van der Waals surface area contributed by atoms with Crippen LogP contribution in [0.5, 0.6) is 0 Å². The van der Waals surface area contributed by atoms with Gasteiger partial charge in [0.1, 0.15) is 18.1 Å². The lowest BCUT2D eigenvalue weighted by Crippen LogP contribution is -2.56. The van der Waals surface area contributed by atoms with E-state index in [-0.39, 0.29) is 57.9 Å². The Morgan fingerprint density at radius 3 is 2.11 bits per heavy atom. The van der Waals surface area contributed by atoms with Crippen LogP contribution in [0.1, 0.15) is 95.7 Å². The number of aliphatic carboxylic acids is 1. The zero-order chi connectivity index (χ0) is 47.5. The molecule has 7 amide bonds. The van der Waals surface area contributed by atoms with Gasteiger partial charge in [0.15, 0.2) is 0 Å². The highest BCUT2D eigenvalue weighted by Crippen LogP contribution is 2.30. The number of Topliss-reactive ketones (excluding diaryl/α,β-unsaturated/α-hetero) is 1. The van der Waals surface area contributed by atoms with Gasteiger partial charge in [0.25, 0.3) is 5.91 Å². The third-order valence-electron chi connectivity index (χ3n) is 11.3. The van der Waals surface area contributed by atoms with Gasteiger partial charge in [-0.1, -0.05) is 101 Å². The average Bonchev–Trinajstić information content (AvgIpc) is 3.74. The SMILES string of the molecule is CCCC(NC(=O)[C@@H]1C[C@@H](OCc2ccccc2)CN1C(=O)[C@H](CCCNC(=O)C1CCCC[C@H]1C(=O)O)NC(=O)OCC(C)C)C(=O)C(=O)NCC(=O)N[C@H](C(N)=O)c1ccccc1. The van der Waals surface area contributed by atoms with Crippen molar-refractivity contribution in [3.8, 4) is 0 Å². The molecule has 8 N–H and O–H groups in total. The molecule has 0 spiro atoms. The molecule has 2 aromatic rings. The lowest BCUT2D eigenvalue weighted by molar-refractivity contribution is -0.148. The number of alkyl carbamates (subject to hydrolysis) is 1. The van der Waals surface area contributed by atoms with Crippen molar-refractivity contribution in [1.82, 2.24) is 31.5 Å². The van der Waals surface area contributed by atoms with Crippen LogP contribution >= 0.6 is 0 Å². The number of hydrogen-bond acceptors (Lipinski definition) is 11. The number of hydrogen-bond donors (Lipinski definition) is 7. The van der Waals surface area contributed by atoms with Crippen molar-refractivity contribution in [3.63, 3.8) is 0 Å². The molecule has 1 aliphatic carbocycles. The summed E-state index contributed by atoms with van der Waals surface area (Å²) in [5.74, 6) is -8.19. The zero-order valence-corrected chi connectivity index (χ0v) is 37.3. The standard InChI is InChI=1S/C46H63N7O12/c1-4-14-34(39(55)43(59)49-24-37(54)52-38(40(47)56)30-17-9-6-10-18-30)50-42(58)36-23-31(64-27-29-15-7-5-8-16-29)25-53(36)44(60)35(51-46(63)65-26-28(2)3)21-13-22-48-41(57)32-19-11-12-20-33(32)45(61)62/h5-10,15-18,28,31-36,38H,4,11-14,19-27H2,1-3H3,(H2,47,56)(H,48,57)(H,49,59)(H,50,58)(H,51,63)(H,52,54)(H,61,62)/t31-,32?,33-,34?,35+,36+,38+/m1/s1. The van der Waals surface area contributed by atoms with Crippen LogP contribution in [0.3, 0.4) is 0 Å². The molecule has 1 saturated heterocycles. The summed E-state index contributed by atoms with van der Waals surface area (Å²) >= 11 is 0. The summed E-state index contributed by atoms with van der Waals surface area (Å²) < 4.78 is 11.5. The number of nitrogens with one attached hydrogen (secondary N) is 5. The maximum absolute atomic E-state index is 14.5. The van der Waals surface area contributed by atoms with E-state index in [2.05, 4.69) is 26.6 Å². The summed E-state index contributed by atoms with van der Waals surface area (Å²) in [6.45, 7) is 4.96. The second kappa shape index (κ2) is 25.8. The minimum Gasteiger partial charge on any atom is -0.481 e. The summed E-state index contributed by atoms with van der Waals surface area (Å²) in [7, 11) is 0. The second-order valence-corrected chi connectivity index (χ2v) is 16.8. The maximum atomic E-state index is 14.5. The number of carboxylic acid groups (broad SMARTS) is 1. The minimum absolute atomic E-state index is 0.000470. The number of benzene rings is 2. The number of nitrogens with two attached hydrogens (primary N) is 1. The first-order valence-electron chi connectivity index (χ1n) is 22.2. The van der Waals surface area contributed by atoms with Gasteiger partial charge in [-0.15, -0.1) is 0 Å². The summed E-state index contributed by atoms with van der Waals surface area (Å²) in [6.07, 6.45) is 1.34. The molecule has 7 atom stereocenters. The fraction of sp³-hybridized carbons (Fsp3) is 0.543. The van der Waals surface area contributed by atoms with E-state index in [0.717, 1.165) is 18.4 Å². The summed E-state index contributed by atoms with van der Waals surface area (Å²) in [6, 6.07) is 12.4. The van der Waals surface area contributed by atoms with Crippen molar-refractivity contribution in [1.29, 1.82) is 0 Å². The molecule has 19 heteroatoms. The van der Waals surface area contributed by atoms with Crippen molar-refractivity contribution >= 4 is 53.3 Å². The molecule has 2 aromatic carbocycles. The average molecular weight is 906 g/mol. The molecule has 2 aliphatic rings. The van der Waals surface area contributed by atoms with Gasteiger partial charge < -0.3 is 51.8 Å². The van der Waals surface area contributed by atoms with Crippen molar-refractivity contribution in [2.75, 3.05) is 26.2 Å². The number of ketones is 1. The van der Waals surface area contributed by atoms with E-state index >= 15 is 0 Å². The molecule has 0 bridgehead atoms. The molecule has 354 valence electrons. The molecule has 1 saturated carbocycles. The fourth-order valence-corrected chi connectivity index (χ4v) is 7.88. The van der Waals surface area contributed by atoms with Crippen LogP contribution in [0.25, 0.3) is 0 Å². The number of primary amides is 1. The number of ether oxygens (including phenoxy) is 2. The molecule has 1 aliphatic heterocycles. The Morgan fingerprint density at radius 2 is 1.48 bits per heavy atom. The first-order valence-corrected chi connectivity index (χ1v) is 22.2. The Hall–Kier alpha value is -6.37. The van der Waals surface area contributed by atoms with Gasteiger partial charge >= 0.3 is 12.1 Å². The third-order valence-corrected chi connectivity index (χ3v) is 11.3. The highest BCUT2D eigenvalue weighted by atomic mass is 16.5. The molecule has 4 rings (SSSR count). The molecular weight excluding hydrogens is 843 g/mol. The lowest BCUT2D eigenvalue weighted by Gasteiger charge is -2.30. The molecule has 65 heavy (non-hydrogen) atoms. The first kappa shape index (κ1) is 51.3. The Labute approximate surface area is 378 Å². The Balaban J connectivity index is 1.48. The van der Waals surface area contributed by atoms with Gasteiger partial charge in [0.05, 0.1) is 43.7 Å². The normalized spacial score (nSPS) is 19.5. The van der Waals surface area contributed by atoms with Crippen molar-refractivity contribution in [3.05, 3.63) is 71.8 Å². The lowest BCUT2D eigenvalue weighted by atomic mass is 9.78. The number of carbonyl (C=O) groups excluding carboxylic acids is 8. The van der Waals surface area contributed by atoms with Crippen molar-refractivity contribution in [2.24, 2.45) is 23.5 Å². The molecule has 1 heterocycles. The highest BCUT2D eigenvalue weighted by molar-refractivity contribution is 6.38. The summed E-state index contributed by atoms with van der Waals surface area (Å²) in [4.78, 5) is 119. The van der Waals surface area contributed by atoms with Crippen LogP contribution in [0, 0.1) is 17.8 Å². The van der Waals surface area contributed by atoms with Crippen LogP contribution in [0.4, 0.5) is 4.79 Å². The number of carboxylic acids is 1. The molecule has 2 unspecified atom stereocenters. The minimum atomic E-state index is -1.35. The van der Waals surface area contributed by atoms with Gasteiger partial charge in [-0.3, -0.25) is 38.4 Å². The van der Waals surface area contributed by atoms with Gasteiger partial charge in [0.2, 0.25) is 35.3 Å². The van der Waals surface area contributed by atoms with Crippen LogP contribution in [-0.4, -0.2) is 114 Å². The van der Waals surface area contributed by atoms with E-state index < -0.39 is 102 Å². The van der Waals surface area contributed by atoms with Crippen molar-refractivity contribution < 1.29 is 57.7 Å². The molecule has 0 aromatic heterocycles. The first-order chi connectivity index (χ1) is 31.1. The molecule has 0 radical (unpaired) electrons. The number of rotatable bonds is 24. The zero-order valence-electron chi connectivity index (χ0n) is 37.3. The summed E-state index contributed by atoms with van der Waals surface area (Å²) in [5, 5.41) is 22.4. The fourth-order valence-electron chi connectivity index (χ4n) is 7.88. The topological polar surface area (TPSA) is 282 Å². The predicted molar refractivity (Wildman–Crippen MR) is 235 cm³/mol. The smallest absolute Gasteiger partial charge is 0.407 e. The van der Waals surface area contributed by atoms with E-state index in [9.17, 15) is 48.3 Å². The quantitative estimate of drug-likeness (QED) is 0.0589. The van der Waals surface area contributed by atoms with Crippen LogP contribution in [-0.2, 0) is 54.4 Å². The number of likely N-dealkylation sites (tertiary alicyclic amines) is 1. The monoisotopic (exact) mass is 905 g/mol. The highest BCUT2D eigenvalue weighted by Gasteiger charge is 2.44. The van der Waals surface area contributed by atoms with E-state index in [0.29, 0.717) is 24.8 Å². The number of carbonyl (C=O) groups is 9. The Bertz CT molecular complexity index is 1970. The van der Waals surface area contributed by atoms with Crippen LogP contribution in [0.15, 0.2) is 60.7 Å². The third kappa shape index (κ3) is 16.0. The second-order valence-electron chi connectivity index (χ2n) is 16.8. The Kier molecular flexibility index (Phi) is 20.4. The van der Waals surface area contributed by atoms with Crippen LogP contribution in [0.2, 0.25) is 0 Å². The Morgan fingerprint density at radius 1 is 0.815 bits per heavy atom. The summed E-state index contributed by atoms with van der Waals surface area (Å²) in [5.41, 5.74) is 6.74. The molecular formula is C46H63N7O12. The molecule has 2 fully saturated rings. The maximum Gasteiger partial charge on any atom is 0.407 e. The van der Waals surface area contributed by atoms with Gasteiger partial charge in [-0.2, -0.15) is 0 Å². The van der Waals surface area contributed by atoms with E-state index in [1.165, 1.54) is 4.90 Å². The van der Waals surface area contributed by atoms with Crippen molar-refractivity contribution in [2.45, 2.75) is 115 Å². The van der Waals surface area contributed by atoms with E-state index in [4.69, 9.17) is 15.2 Å². The van der Waals surface area contributed by atoms with E-state index in [1.807, 2.05) is 44.2 Å². The van der Waals surface area contributed by atoms with Gasteiger partial charge in [-0.05, 0) is 49.1 Å². The van der Waals surface area contributed by atoms with Crippen LogP contribution < -0.4 is 32.3 Å². The molecule has 19 nitrogen and oxygen atoms in total. The van der Waals surface area contributed by atoms with Gasteiger partial charge in [0, 0.05) is 19.5 Å². The number of amides is 7. The number of nitrogens with zero attached hydrogens (tertiary/aromatic N) is 1. The van der Waals surface area contributed by atoms with E-state index in [1.54, 1.807) is 37.3 Å². The van der Waals surface area contributed by atoms with Gasteiger partial charge in [-0.25, -0.2) is 4.79 Å². The largest absolute Gasteiger partial charge is 0.481 e.